The molecule has 1 saturated heterocycles. The maximum atomic E-state index is 14.5. The molecule has 0 N–H and O–H groups in total. The Balaban J connectivity index is 1.42. The van der Waals surface area contributed by atoms with Gasteiger partial charge < -0.3 is 18.9 Å². The van der Waals surface area contributed by atoms with Crippen molar-refractivity contribution in [2.45, 2.75) is 18.8 Å². The summed E-state index contributed by atoms with van der Waals surface area (Å²) in [5.41, 5.74) is 0.785. The van der Waals surface area contributed by atoms with Crippen LogP contribution in [-0.2, 0) is 0 Å². The number of benzene rings is 1. The highest BCUT2D eigenvalue weighted by Crippen LogP contribution is 2.28. The van der Waals surface area contributed by atoms with Gasteiger partial charge in [-0.15, -0.1) is 0 Å². The Morgan fingerprint density at radius 3 is 2.54 bits per heavy atom. The van der Waals surface area contributed by atoms with Crippen LogP contribution in [0, 0.1) is 5.82 Å². The van der Waals surface area contributed by atoms with E-state index in [2.05, 4.69) is 10.1 Å². The lowest BCUT2D eigenvalue weighted by Crippen LogP contribution is -2.38. The predicted octanol–water partition coefficient (Wildman–Crippen LogP) is 3.09. The lowest BCUT2D eigenvalue weighted by atomic mass is 9.96. The third kappa shape index (κ3) is 3.49. The van der Waals surface area contributed by atoms with Crippen LogP contribution in [0.15, 0.2) is 47.2 Å². The van der Waals surface area contributed by atoms with Crippen LogP contribution in [0.3, 0.4) is 0 Å². The molecule has 0 aliphatic carbocycles. The van der Waals surface area contributed by atoms with Crippen LogP contribution in [0.5, 0.6) is 0 Å². The van der Waals surface area contributed by atoms with Crippen LogP contribution in [0.4, 0.5) is 10.3 Å². The van der Waals surface area contributed by atoms with Gasteiger partial charge in [-0.2, -0.15) is 4.98 Å². The molecule has 0 saturated carbocycles. The molecule has 28 heavy (non-hydrogen) atoms. The van der Waals surface area contributed by atoms with Crippen molar-refractivity contribution >= 4 is 11.9 Å². The number of halogens is 1. The van der Waals surface area contributed by atoms with Crippen molar-refractivity contribution in [1.82, 2.24) is 19.6 Å². The number of hydrogen-bond acceptors (Lipinski definition) is 5. The number of aromatic nitrogens is 3. The minimum absolute atomic E-state index is 0.137. The van der Waals surface area contributed by atoms with E-state index in [4.69, 9.17) is 4.52 Å². The Bertz CT molecular complexity index is 959. The summed E-state index contributed by atoms with van der Waals surface area (Å²) in [6.45, 7) is 1.15. The lowest BCUT2D eigenvalue weighted by molar-refractivity contribution is 0.0704. The molecule has 1 aliphatic rings. The van der Waals surface area contributed by atoms with Gasteiger partial charge in [-0.1, -0.05) is 0 Å². The SMILES string of the molecule is CN(C)c1noc(C2CCN(C(=O)c3ccc(-n4cccc4)c(F)c3)CC2)n1. The van der Waals surface area contributed by atoms with Gasteiger partial charge in [0.25, 0.3) is 11.9 Å². The maximum Gasteiger partial charge on any atom is 0.265 e. The minimum atomic E-state index is -0.418. The fraction of sp³-hybridized carbons (Fsp3) is 0.350. The molecule has 7 nitrogen and oxygen atoms in total. The summed E-state index contributed by atoms with van der Waals surface area (Å²) in [4.78, 5) is 20.7. The van der Waals surface area contributed by atoms with Gasteiger partial charge in [-0.3, -0.25) is 4.79 Å². The van der Waals surface area contributed by atoms with Crippen molar-refractivity contribution < 1.29 is 13.7 Å². The van der Waals surface area contributed by atoms with Gasteiger partial charge in [0, 0.05) is 51.1 Å². The van der Waals surface area contributed by atoms with Gasteiger partial charge in [-0.25, -0.2) is 4.39 Å². The standard InChI is InChI=1S/C20H22FN5O2/c1-24(2)20-22-18(28-23-20)14-7-11-26(12-8-14)19(27)15-5-6-17(16(21)13-15)25-9-3-4-10-25/h3-6,9-10,13-14H,7-8,11-12H2,1-2H3. The molecule has 1 amide bonds. The molecule has 0 radical (unpaired) electrons. The molecule has 0 bridgehead atoms. The molecular weight excluding hydrogens is 361 g/mol. The second-order valence-corrected chi connectivity index (χ2v) is 7.15. The first-order valence-electron chi connectivity index (χ1n) is 9.26. The highest BCUT2D eigenvalue weighted by atomic mass is 19.1. The molecule has 146 valence electrons. The summed E-state index contributed by atoms with van der Waals surface area (Å²) >= 11 is 0. The maximum absolute atomic E-state index is 14.5. The summed E-state index contributed by atoms with van der Waals surface area (Å²) in [5, 5.41) is 3.95. The molecule has 4 rings (SSSR count). The number of rotatable bonds is 4. The van der Waals surface area contributed by atoms with E-state index < -0.39 is 5.82 Å². The van der Waals surface area contributed by atoms with E-state index in [1.54, 1.807) is 38.9 Å². The highest BCUT2D eigenvalue weighted by molar-refractivity contribution is 5.94. The van der Waals surface area contributed by atoms with E-state index in [9.17, 15) is 9.18 Å². The summed E-state index contributed by atoms with van der Waals surface area (Å²) < 4.78 is 21.5. The molecule has 0 spiro atoms. The van der Waals surface area contributed by atoms with Crippen LogP contribution in [-0.4, -0.2) is 52.7 Å². The van der Waals surface area contributed by atoms with Gasteiger partial charge in [-0.05, 0) is 48.3 Å². The fourth-order valence-electron chi connectivity index (χ4n) is 3.43. The Labute approximate surface area is 162 Å². The molecule has 1 aliphatic heterocycles. The van der Waals surface area contributed by atoms with Crippen LogP contribution in [0.1, 0.15) is 35.0 Å². The summed E-state index contributed by atoms with van der Waals surface area (Å²) in [5.74, 6) is 0.720. The Morgan fingerprint density at radius 1 is 1.21 bits per heavy atom. The molecule has 0 unspecified atom stereocenters. The molecule has 3 heterocycles. The van der Waals surface area contributed by atoms with Crippen molar-refractivity contribution in [3.05, 3.63) is 60.0 Å². The number of piperidine rings is 1. The van der Waals surface area contributed by atoms with Crippen LogP contribution < -0.4 is 4.90 Å². The van der Waals surface area contributed by atoms with Gasteiger partial charge in [0.2, 0.25) is 5.89 Å². The van der Waals surface area contributed by atoms with Crippen molar-refractivity contribution in [3.8, 4) is 5.69 Å². The molecule has 2 aromatic heterocycles. The number of hydrogen-bond donors (Lipinski definition) is 0. The third-order valence-electron chi connectivity index (χ3n) is 5.04. The lowest BCUT2D eigenvalue weighted by Gasteiger charge is -2.30. The van der Waals surface area contributed by atoms with Crippen LogP contribution >= 0.6 is 0 Å². The first-order valence-corrected chi connectivity index (χ1v) is 9.26. The molecular formula is C20H22FN5O2. The summed E-state index contributed by atoms with van der Waals surface area (Å²) in [7, 11) is 3.72. The second-order valence-electron chi connectivity index (χ2n) is 7.15. The van der Waals surface area contributed by atoms with Crippen molar-refractivity contribution in [2.24, 2.45) is 0 Å². The highest BCUT2D eigenvalue weighted by Gasteiger charge is 2.28. The average molecular weight is 383 g/mol. The van der Waals surface area contributed by atoms with E-state index in [-0.39, 0.29) is 11.8 Å². The van der Waals surface area contributed by atoms with Crippen LogP contribution in [0.25, 0.3) is 5.69 Å². The van der Waals surface area contributed by atoms with Gasteiger partial charge in [0.1, 0.15) is 5.82 Å². The number of amides is 1. The number of likely N-dealkylation sites (tertiary alicyclic amines) is 1. The van der Waals surface area contributed by atoms with Crippen molar-refractivity contribution in [2.75, 3.05) is 32.1 Å². The normalized spacial score (nSPS) is 15.0. The van der Waals surface area contributed by atoms with Gasteiger partial charge >= 0.3 is 0 Å². The summed E-state index contributed by atoms with van der Waals surface area (Å²) in [6, 6.07) is 8.27. The molecule has 8 heteroatoms. The predicted molar refractivity (Wildman–Crippen MR) is 102 cm³/mol. The Morgan fingerprint density at radius 2 is 1.93 bits per heavy atom. The average Bonchev–Trinajstić information content (AvgIpc) is 3.40. The van der Waals surface area contributed by atoms with Gasteiger partial charge in [0.05, 0.1) is 5.69 Å². The van der Waals surface area contributed by atoms with Gasteiger partial charge in [0.15, 0.2) is 0 Å². The third-order valence-corrected chi connectivity index (χ3v) is 5.04. The van der Waals surface area contributed by atoms with E-state index >= 15 is 0 Å². The van der Waals surface area contributed by atoms with E-state index in [1.165, 1.54) is 6.07 Å². The number of carbonyl (C=O) groups is 1. The quantitative estimate of drug-likeness (QED) is 0.693. The monoisotopic (exact) mass is 383 g/mol. The first kappa shape index (κ1) is 18.2. The fourth-order valence-corrected chi connectivity index (χ4v) is 3.43. The molecule has 0 atom stereocenters. The number of anilines is 1. The summed E-state index contributed by atoms with van der Waals surface area (Å²) in [6.07, 6.45) is 5.02. The molecule has 3 aromatic rings. The van der Waals surface area contributed by atoms with E-state index in [0.717, 1.165) is 12.8 Å². The van der Waals surface area contributed by atoms with E-state index in [0.29, 0.717) is 36.2 Å². The molecule has 1 aromatic carbocycles. The first-order chi connectivity index (χ1) is 13.5. The Hall–Kier alpha value is -3.16. The zero-order valence-electron chi connectivity index (χ0n) is 15.9. The largest absolute Gasteiger partial charge is 0.344 e. The number of carbonyl (C=O) groups excluding carboxylic acids is 1. The van der Waals surface area contributed by atoms with Crippen LogP contribution in [0.2, 0.25) is 0 Å². The smallest absolute Gasteiger partial charge is 0.265 e. The van der Waals surface area contributed by atoms with E-state index in [1.807, 2.05) is 26.2 Å². The topological polar surface area (TPSA) is 67.4 Å². The zero-order chi connectivity index (χ0) is 19.7. The second kappa shape index (κ2) is 7.46. The minimum Gasteiger partial charge on any atom is -0.344 e. The van der Waals surface area contributed by atoms with Crippen molar-refractivity contribution in [3.63, 3.8) is 0 Å². The van der Waals surface area contributed by atoms with Crippen molar-refractivity contribution in [1.29, 1.82) is 0 Å². The number of nitrogens with zero attached hydrogens (tertiary/aromatic N) is 5. The molecule has 1 fully saturated rings. The zero-order valence-corrected chi connectivity index (χ0v) is 15.9. The Kier molecular flexibility index (Phi) is 4.85.